The molecule has 1 aromatic heterocycles. The first kappa shape index (κ1) is 16.0. The molecule has 2 rings (SSSR count). The maximum Gasteiger partial charge on any atom is 0.111 e. The van der Waals surface area contributed by atoms with Crippen LogP contribution in [0.1, 0.15) is 46.4 Å². The molecule has 1 heterocycles. The Bertz CT molecular complexity index is 559. The van der Waals surface area contributed by atoms with Crippen LogP contribution in [0.25, 0.3) is 11.0 Å². The van der Waals surface area contributed by atoms with Gasteiger partial charge in [-0.3, -0.25) is 0 Å². The lowest BCUT2D eigenvalue weighted by atomic mass is 9.96. The Kier molecular flexibility index (Phi) is 5.80. The Morgan fingerprint density at radius 1 is 1.19 bits per heavy atom. The number of benzene rings is 1. The Balaban J connectivity index is 2.33. The van der Waals surface area contributed by atoms with Gasteiger partial charge >= 0.3 is 0 Å². The van der Waals surface area contributed by atoms with Gasteiger partial charge in [-0.1, -0.05) is 46.2 Å². The molecule has 3 nitrogen and oxygen atoms in total. The number of hydrogen-bond donors (Lipinski definition) is 1. The molecule has 0 fully saturated rings. The van der Waals surface area contributed by atoms with Gasteiger partial charge in [-0.2, -0.15) is 0 Å². The van der Waals surface area contributed by atoms with Crippen molar-refractivity contribution < 1.29 is 0 Å². The number of aryl methyl sites for hydroxylation is 1. The van der Waals surface area contributed by atoms with Crippen molar-refractivity contribution in [2.24, 2.45) is 5.92 Å². The second kappa shape index (κ2) is 7.60. The summed E-state index contributed by atoms with van der Waals surface area (Å²) in [6, 6.07) is 9.00. The fourth-order valence-electron chi connectivity index (χ4n) is 2.97. The second-order valence-electron chi connectivity index (χ2n) is 5.92. The van der Waals surface area contributed by atoms with E-state index in [-0.39, 0.29) is 0 Å². The van der Waals surface area contributed by atoms with Gasteiger partial charge in [0.15, 0.2) is 0 Å². The average molecular weight is 287 g/mol. The molecular weight excluding hydrogens is 258 g/mol. The van der Waals surface area contributed by atoms with Gasteiger partial charge in [0.25, 0.3) is 0 Å². The summed E-state index contributed by atoms with van der Waals surface area (Å²) < 4.78 is 2.40. The lowest BCUT2D eigenvalue weighted by Gasteiger charge is -2.24. The van der Waals surface area contributed by atoms with Crippen LogP contribution in [0.4, 0.5) is 0 Å². The first-order valence-electron chi connectivity index (χ1n) is 8.38. The summed E-state index contributed by atoms with van der Waals surface area (Å²) >= 11 is 0. The molecule has 3 heteroatoms. The van der Waals surface area contributed by atoms with E-state index in [0.29, 0.717) is 12.0 Å². The van der Waals surface area contributed by atoms with E-state index in [1.165, 1.54) is 17.8 Å². The van der Waals surface area contributed by atoms with Gasteiger partial charge in [-0.25, -0.2) is 4.98 Å². The van der Waals surface area contributed by atoms with Crippen LogP contribution in [-0.4, -0.2) is 22.1 Å². The van der Waals surface area contributed by atoms with Crippen molar-refractivity contribution in [3.05, 3.63) is 30.1 Å². The summed E-state index contributed by atoms with van der Waals surface area (Å²) in [5.41, 5.74) is 2.40. The number of aromatic nitrogens is 2. The highest BCUT2D eigenvalue weighted by atomic mass is 15.1. The summed E-state index contributed by atoms with van der Waals surface area (Å²) in [6.45, 7) is 11.1. The predicted octanol–water partition coefficient (Wildman–Crippen LogP) is 4.01. The van der Waals surface area contributed by atoms with E-state index in [1.54, 1.807) is 0 Å². The van der Waals surface area contributed by atoms with Crippen LogP contribution in [-0.2, 0) is 13.0 Å². The number of nitrogens with zero attached hydrogens (tertiary/aromatic N) is 2. The van der Waals surface area contributed by atoms with Gasteiger partial charge in [-0.15, -0.1) is 0 Å². The molecule has 0 amide bonds. The highest BCUT2D eigenvalue weighted by molar-refractivity contribution is 5.75. The fourth-order valence-corrected chi connectivity index (χ4v) is 2.97. The fraction of sp³-hybridized carbons (Fsp3) is 0.611. The normalized spacial score (nSPS) is 14.5. The van der Waals surface area contributed by atoms with E-state index in [1.807, 2.05) is 0 Å². The minimum Gasteiger partial charge on any atom is -0.328 e. The van der Waals surface area contributed by atoms with Gasteiger partial charge in [0, 0.05) is 19.0 Å². The summed E-state index contributed by atoms with van der Waals surface area (Å²) in [7, 11) is 0. The van der Waals surface area contributed by atoms with Crippen LogP contribution >= 0.6 is 0 Å². The first-order valence-corrected chi connectivity index (χ1v) is 8.38. The third-order valence-corrected chi connectivity index (χ3v) is 4.38. The molecule has 2 atom stereocenters. The van der Waals surface area contributed by atoms with Gasteiger partial charge in [0.1, 0.15) is 5.82 Å². The average Bonchev–Trinajstić information content (AvgIpc) is 2.84. The number of rotatable bonds is 8. The molecule has 21 heavy (non-hydrogen) atoms. The lowest BCUT2D eigenvalue weighted by molar-refractivity contribution is 0.362. The number of fused-ring (bicyclic) bond motifs is 1. The third-order valence-electron chi connectivity index (χ3n) is 4.38. The highest BCUT2D eigenvalue weighted by Gasteiger charge is 2.19. The minimum atomic E-state index is 0.507. The van der Waals surface area contributed by atoms with Gasteiger partial charge in [0.05, 0.1) is 11.0 Å². The van der Waals surface area contributed by atoms with Crippen LogP contribution in [0.3, 0.4) is 0 Å². The number of imidazole rings is 1. The van der Waals surface area contributed by atoms with Crippen molar-refractivity contribution in [3.8, 4) is 0 Å². The van der Waals surface area contributed by atoms with Crippen LogP contribution in [0.15, 0.2) is 24.3 Å². The number of hydrogen-bond acceptors (Lipinski definition) is 2. The van der Waals surface area contributed by atoms with E-state index in [4.69, 9.17) is 4.98 Å². The van der Waals surface area contributed by atoms with Crippen molar-refractivity contribution in [2.75, 3.05) is 6.54 Å². The van der Waals surface area contributed by atoms with Crippen LogP contribution in [0.2, 0.25) is 0 Å². The van der Waals surface area contributed by atoms with Crippen molar-refractivity contribution in [2.45, 2.75) is 59.5 Å². The van der Waals surface area contributed by atoms with Crippen LogP contribution in [0, 0.1) is 5.92 Å². The monoisotopic (exact) mass is 287 g/mol. The topological polar surface area (TPSA) is 29.9 Å². The van der Waals surface area contributed by atoms with Crippen LogP contribution < -0.4 is 5.32 Å². The smallest absolute Gasteiger partial charge is 0.111 e. The summed E-state index contributed by atoms with van der Waals surface area (Å²) in [5, 5.41) is 3.64. The molecule has 0 bridgehead atoms. The lowest BCUT2D eigenvalue weighted by Crippen LogP contribution is -2.37. The maximum atomic E-state index is 4.89. The Morgan fingerprint density at radius 3 is 2.62 bits per heavy atom. The molecule has 2 aromatic rings. The van der Waals surface area contributed by atoms with E-state index < -0.39 is 0 Å². The third kappa shape index (κ3) is 3.65. The van der Waals surface area contributed by atoms with Crippen LogP contribution in [0.5, 0.6) is 0 Å². The van der Waals surface area contributed by atoms with Crippen molar-refractivity contribution in [1.29, 1.82) is 0 Å². The maximum absolute atomic E-state index is 4.89. The molecule has 0 aliphatic carbocycles. The van der Waals surface area contributed by atoms with Crippen molar-refractivity contribution >= 4 is 11.0 Å². The van der Waals surface area contributed by atoms with Gasteiger partial charge in [-0.05, 0) is 31.0 Å². The minimum absolute atomic E-state index is 0.507. The van der Waals surface area contributed by atoms with Crippen molar-refractivity contribution in [1.82, 2.24) is 14.9 Å². The molecule has 116 valence electrons. The summed E-state index contributed by atoms with van der Waals surface area (Å²) in [6.07, 6.45) is 3.35. The van der Waals surface area contributed by atoms with E-state index in [9.17, 15) is 0 Å². The quantitative estimate of drug-likeness (QED) is 0.795. The second-order valence-corrected chi connectivity index (χ2v) is 5.92. The zero-order valence-electron chi connectivity index (χ0n) is 13.9. The SMILES string of the molecule is CCCn1c(CC(NCC)C(C)CC)nc2ccccc21. The molecule has 1 aromatic carbocycles. The number of likely N-dealkylation sites (N-methyl/N-ethyl adjacent to an activating group) is 1. The van der Waals surface area contributed by atoms with E-state index >= 15 is 0 Å². The summed E-state index contributed by atoms with van der Waals surface area (Å²) in [5.74, 6) is 1.89. The molecule has 0 aliphatic heterocycles. The number of para-hydroxylation sites is 2. The Morgan fingerprint density at radius 2 is 1.95 bits per heavy atom. The first-order chi connectivity index (χ1) is 10.2. The van der Waals surface area contributed by atoms with Gasteiger partial charge < -0.3 is 9.88 Å². The molecule has 0 aliphatic rings. The Labute approximate surface area is 128 Å². The summed E-state index contributed by atoms with van der Waals surface area (Å²) in [4.78, 5) is 4.89. The molecule has 0 radical (unpaired) electrons. The van der Waals surface area contributed by atoms with Gasteiger partial charge in [0.2, 0.25) is 0 Å². The predicted molar refractivity (Wildman–Crippen MR) is 90.6 cm³/mol. The van der Waals surface area contributed by atoms with E-state index in [2.05, 4.69) is 61.8 Å². The Hall–Kier alpha value is -1.35. The zero-order valence-corrected chi connectivity index (χ0v) is 13.9. The molecule has 0 saturated heterocycles. The highest BCUT2D eigenvalue weighted by Crippen LogP contribution is 2.20. The molecule has 2 unspecified atom stereocenters. The standard InChI is InChI=1S/C18H29N3/c1-5-12-21-17-11-9-8-10-15(17)20-18(21)13-16(19-7-3)14(4)6-2/h8-11,14,16,19H,5-7,12-13H2,1-4H3. The largest absolute Gasteiger partial charge is 0.328 e. The molecular formula is C18H29N3. The van der Waals surface area contributed by atoms with E-state index in [0.717, 1.165) is 31.4 Å². The van der Waals surface area contributed by atoms with Crippen molar-refractivity contribution in [3.63, 3.8) is 0 Å². The molecule has 0 spiro atoms. The zero-order chi connectivity index (χ0) is 15.2. The molecule has 1 N–H and O–H groups in total. The molecule has 0 saturated carbocycles. The number of nitrogens with one attached hydrogen (secondary N) is 1.